The summed E-state index contributed by atoms with van der Waals surface area (Å²) in [5.74, 6) is 0.502. The van der Waals surface area contributed by atoms with Crippen molar-refractivity contribution in [1.29, 1.82) is 0 Å². The van der Waals surface area contributed by atoms with Crippen LogP contribution in [0.3, 0.4) is 0 Å². The predicted octanol–water partition coefficient (Wildman–Crippen LogP) is 1.77. The lowest BCUT2D eigenvalue weighted by Gasteiger charge is -2.42. The summed E-state index contributed by atoms with van der Waals surface area (Å²) < 4.78 is 23.8. The quantitative estimate of drug-likeness (QED) is 0.268. The Morgan fingerprint density at radius 3 is 2.66 bits per heavy atom. The lowest BCUT2D eigenvalue weighted by atomic mass is 9.75. The molecule has 0 radical (unpaired) electrons. The normalized spacial score (nSPS) is 28.9. The van der Waals surface area contributed by atoms with Crippen LogP contribution in [0, 0.1) is 17.8 Å². The molecule has 2 aliphatic heterocycles. The number of hydrogen-bond acceptors (Lipinski definition) is 10. The molecule has 0 bridgehead atoms. The third kappa shape index (κ3) is 7.83. The molecule has 47 heavy (non-hydrogen) atoms. The lowest BCUT2D eigenvalue weighted by Crippen LogP contribution is -2.58. The third-order valence-electron chi connectivity index (χ3n) is 10.2. The minimum Gasteiger partial charge on any atom is -0.493 e. The Bertz CT molecular complexity index is 1300. The molecule has 2 amide bonds. The zero-order chi connectivity index (χ0) is 33.7. The van der Waals surface area contributed by atoms with Gasteiger partial charge in [-0.05, 0) is 48.8 Å². The van der Waals surface area contributed by atoms with E-state index in [1.165, 1.54) is 7.11 Å². The SMILES string of the molecule is COc1cc(C=O)cc2c1OC1C2C(C(=O)NCCO)=CC(N(CCN2CCOCC2)C(=O)COC2CC(C)CCC2C(C)C)C1O. The summed E-state index contributed by atoms with van der Waals surface area (Å²) in [7, 11) is 1.46. The van der Waals surface area contributed by atoms with Crippen LogP contribution in [0.5, 0.6) is 11.5 Å². The van der Waals surface area contributed by atoms with Crippen molar-refractivity contribution in [2.75, 3.05) is 66.3 Å². The summed E-state index contributed by atoms with van der Waals surface area (Å²) in [6.45, 7) is 9.77. The first kappa shape index (κ1) is 35.3. The largest absolute Gasteiger partial charge is 0.493 e. The second-order valence-electron chi connectivity index (χ2n) is 13.6. The van der Waals surface area contributed by atoms with E-state index < -0.39 is 30.1 Å². The van der Waals surface area contributed by atoms with Gasteiger partial charge >= 0.3 is 0 Å². The first-order valence-electron chi connectivity index (χ1n) is 17.0. The number of amides is 2. The molecule has 2 fully saturated rings. The van der Waals surface area contributed by atoms with Crippen LogP contribution in [0.25, 0.3) is 0 Å². The predicted molar refractivity (Wildman–Crippen MR) is 174 cm³/mol. The number of aldehydes is 1. The van der Waals surface area contributed by atoms with Crippen LogP contribution < -0.4 is 14.8 Å². The van der Waals surface area contributed by atoms with E-state index in [9.17, 15) is 24.6 Å². The molecule has 0 spiro atoms. The summed E-state index contributed by atoms with van der Waals surface area (Å²) >= 11 is 0. The molecule has 1 aromatic carbocycles. The molecule has 7 atom stereocenters. The van der Waals surface area contributed by atoms with Gasteiger partial charge in [0.2, 0.25) is 11.8 Å². The Morgan fingerprint density at radius 2 is 1.98 bits per heavy atom. The van der Waals surface area contributed by atoms with Crippen LogP contribution in [0.2, 0.25) is 0 Å². The number of aliphatic hydroxyl groups is 2. The van der Waals surface area contributed by atoms with Crippen molar-refractivity contribution in [3.8, 4) is 11.5 Å². The number of benzene rings is 1. The number of aliphatic hydroxyl groups excluding tert-OH is 2. The van der Waals surface area contributed by atoms with E-state index >= 15 is 0 Å². The highest BCUT2D eigenvalue weighted by atomic mass is 16.5. The van der Waals surface area contributed by atoms with Crippen LogP contribution in [0.1, 0.15) is 61.9 Å². The first-order valence-corrected chi connectivity index (χ1v) is 17.0. The number of ether oxygens (including phenoxy) is 4. The number of carbonyl (C=O) groups is 3. The zero-order valence-electron chi connectivity index (χ0n) is 28.1. The van der Waals surface area contributed by atoms with Crippen molar-refractivity contribution in [1.82, 2.24) is 15.1 Å². The minimum atomic E-state index is -1.21. The number of nitrogens with one attached hydrogen (secondary N) is 1. The Balaban J connectivity index is 1.47. The molecule has 1 aromatic rings. The van der Waals surface area contributed by atoms with Gasteiger partial charge < -0.3 is 39.4 Å². The number of hydrogen-bond donors (Lipinski definition) is 3. The second-order valence-corrected chi connectivity index (χ2v) is 13.6. The highest BCUT2D eigenvalue weighted by Crippen LogP contribution is 2.51. The molecule has 7 unspecified atom stereocenters. The fraction of sp³-hybridized carbons (Fsp3) is 0.686. The Kier molecular flexibility index (Phi) is 11.9. The van der Waals surface area contributed by atoms with Crippen LogP contribution in [0.15, 0.2) is 23.8 Å². The molecule has 12 heteroatoms. The highest BCUT2D eigenvalue weighted by Gasteiger charge is 2.51. The summed E-state index contributed by atoms with van der Waals surface area (Å²) in [5, 5.41) is 24.2. The number of methoxy groups -OCH3 is 1. The summed E-state index contributed by atoms with van der Waals surface area (Å²) in [6.07, 6.45) is 3.26. The van der Waals surface area contributed by atoms with Crippen LogP contribution >= 0.6 is 0 Å². The van der Waals surface area contributed by atoms with Gasteiger partial charge in [-0.3, -0.25) is 19.3 Å². The van der Waals surface area contributed by atoms with Gasteiger partial charge in [0.05, 0.1) is 45.0 Å². The van der Waals surface area contributed by atoms with Crippen molar-refractivity contribution >= 4 is 18.1 Å². The average Bonchev–Trinajstić information content (AvgIpc) is 3.47. The van der Waals surface area contributed by atoms with Crippen LogP contribution in [-0.4, -0.2) is 129 Å². The second kappa shape index (κ2) is 15.9. The van der Waals surface area contributed by atoms with Crippen LogP contribution in [-0.2, 0) is 19.1 Å². The average molecular weight is 658 g/mol. The molecule has 0 aromatic heterocycles. The maximum absolute atomic E-state index is 14.2. The molecule has 3 N–H and O–H groups in total. The highest BCUT2D eigenvalue weighted by molar-refractivity contribution is 5.96. The van der Waals surface area contributed by atoms with Crippen molar-refractivity contribution in [3.05, 3.63) is 34.9 Å². The van der Waals surface area contributed by atoms with Gasteiger partial charge in [0.1, 0.15) is 25.1 Å². The van der Waals surface area contributed by atoms with Crippen molar-refractivity contribution in [2.24, 2.45) is 17.8 Å². The van der Waals surface area contributed by atoms with Gasteiger partial charge in [0.25, 0.3) is 0 Å². The summed E-state index contributed by atoms with van der Waals surface area (Å²) in [5.41, 5.74) is 1.17. The van der Waals surface area contributed by atoms with Crippen molar-refractivity contribution < 1.29 is 43.5 Å². The Morgan fingerprint density at radius 1 is 1.21 bits per heavy atom. The number of nitrogens with zero attached hydrogens (tertiary/aromatic N) is 2. The van der Waals surface area contributed by atoms with Crippen LogP contribution in [0.4, 0.5) is 0 Å². The van der Waals surface area contributed by atoms with E-state index in [-0.39, 0.29) is 37.3 Å². The van der Waals surface area contributed by atoms with Gasteiger partial charge in [-0.2, -0.15) is 0 Å². The van der Waals surface area contributed by atoms with Crippen molar-refractivity contribution in [3.63, 3.8) is 0 Å². The Labute approximate surface area is 277 Å². The minimum absolute atomic E-state index is 0.0243. The molecule has 4 aliphatic rings. The van der Waals surface area contributed by atoms with E-state index in [2.05, 4.69) is 31.0 Å². The molecule has 1 saturated carbocycles. The third-order valence-corrected chi connectivity index (χ3v) is 10.2. The zero-order valence-corrected chi connectivity index (χ0v) is 28.1. The fourth-order valence-corrected chi connectivity index (χ4v) is 7.64. The maximum Gasteiger partial charge on any atom is 0.249 e. The molecule has 260 valence electrons. The number of fused-ring (bicyclic) bond motifs is 3. The van der Waals surface area contributed by atoms with Gasteiger partial charge in [-0.1, -0.05) is 27.2 Å². The smallest absolute Gasteiger partial charge is 0.249 e. The number of morpholine rings is 1. The van der Waals surface area contributed by atoms with Gasteiger partial charge in [-0.25, -0.2) is 0 Å². The topological polar surface area (TPSA) is 147 Å². The van der Waals surface area contributed by atoms with Gasteiger partial charge in [-0.15, -0.1) is 0 Å². The maximum atomic E-state index is 14.2. The van der Waals surface area contributed by atoms with E-state index in [1.807, 2.05) is 0 Å². The molecule has 5 rings (SSSR count). The molecular formula is C35H51N3O9. The number of rotatable bonds is 13. The van der Waals surface area contributed by atoms with E-state index in [0.29, 0.717) is 73.0 Å². The van der Waals surface area contributed by atoms with E-state index in [1.54, 1.807) is 23.1 Å². The van der Waals surface area contributed by atoms with Gasteiger partial charge in [0, 0.05) is 49.4 Å². The molecule has 2 heterocycles. The fourth-order valence-electron chi connectivity index (χ4n) is 7.64. The van der Waals surface area contributed by atoms with Crippen molar-refractivity contribution in [2.45, 2.75) is 70.3 Å². The molecule has 1 saturated heterocycles. The summed E-state index contributed by atoms with van der Waals surface area (Å²) in [6, 6.07) is 2.29. The van der Waals surface area contributed by atoms with Gasteiger partial charge in [0.15, 0.2) is 11.5 Å². The lowest BCUT2D eigenvalue weighted by molar-refractivity contribution is -0.147. The first-order chi connectivity index (χ1) is 22.7. The molecular weight excluding hydrogens is 606 g/mol. The molecule has 12 nitrogen and oxygen atoms in total. The number of carbonyl (C=O) groups excluding carboxylic acids is 3. The standard InChI is InChI=1S/C35H51N3O9/c1-21(2)24-6-5-22(3)15-28(24)46-20-30(41)38(9-8-37-10-13-45-14-11-37)27-18-26(35(43)36-7-12-39)31-25-16-23(19-40)17-29(44-4)33(25)47-34(31)32(27)42/h16-19,21-22,24,27-28,31-32,34,39,42H,5-15,20H2,1-4H3,(H,36,43). The summed E-state index contributed by atoms with van der Waals surface area (Å²) in [4.78, 5) is 43.5. The molecule has 2 aliphatic carbocycles. The Hall–Kier alpha value is -3.03. The monoisotopic (exact) mass is 657 g/mol. The van der Waals surface area contributed by atoms with E-state index in [0.717, 1.165) is 32.4 Å². The van der Waals surface area contributed by atoms with E-state index in [4.69, 9.17) is 18.9 Å².